The second kappa shape index (κ2) is 8.05. The number of benzene rings is 1. The average Bonchev–Trinajstić information content (AvgIpc) is 2.97. The van der Waals surface area contributed by atoms with Gasteiger partial charge in [-0.25, -0.2) is 0 Å². The largest absolute Gasteiger partial charge is 0.494 e. The van der Waals surface area contributed by atoms with Crippen LogP contribution in [0.4, 0.5) is 0 Å². The minimum atomic E-state index is 0.516. The predicted molar refractivity (Wildman–Crippen MR) is 97.4 cm³/mol. The number of para-hydroxylation sites is 1. The summed E-state index contributed by atoms with van der Waals surface area (Å²) in [4.78, 5) is 5.02. The molecule has 1 aliphatic heterocycles. The van der Waals surface area contributed by atoms with Gasteiger partial charge >= 0.3 is 0 Å². The van der Waals surface area contributed by atoms with E-state index in [0.717, 1.165) is 48.5 Å². The van der Waals surface area contributed by atoms with Crippen LogP contribution in [0.1, 0.15) is 29.4 Å². The zero-order valence-corrected chi connectivity index (χ0v) is 15.6. The molecule has 0 radical (unpaired) electrons. The molecule has 0 N–H and O–H groups in total. The Morgan fingerprint density at radius 1 is 1.21 bits per heavy atom. The van der Waals surface area contributed by atoms with Crippen LogP contribution in [0.2, 0.25) is 0 Å². The summed E-state index contributed by atoms with van der Waals surface area (Å²) in [6.45, 7) is 12.1. The smallest absolute Gasteiger partial charge is 0.131 e. The van der Waals surface area contributed by atoms with Crippen LogP contribution in [-0.2, 0) is 13.1 Å². The highest BCUT2D eigenvalue weighted by Gasteiger charge is 2.25. The predicted octanol–water partition coefficient (Wildman–Crippen LogP) is 2.95. The zero-order chi connectivity index (χ0) is 16.9. The van der Waals surface area contributed by atoms with Crippen LogP contribution in [-0.4, -0.2) is 52.3 Å². The maximum absolute atomic E-state index is 5.76. The fourth-order valence-electron chi connectivity index (χ4n) is 3.20. The molecule has 2 aromatic rings. The highest BCUT2D eigenvalue weighted by atomic mass is 32.1. The van der Waals surface area contributed by atoms with Crippen LogP contribution in [0.15, 0.2) is 24.3 Å². The Labute approximate surface area is 148 Å². The third-order valence-electron chi connectivity index (χ3n) is 4.42. The minimum absolute atomic E-state index is 0.516. The average molecular weight is 347 g/mol. The number of piperazine rings is 1. The zero-order valence-electron chi connectivity index (χ0n) is 14.7. The van der Waals surface area contributed by atoms with Crippen molar-refractivity contribution < 1.29 is 4.74 Å². The van der Waals surface area contributed by atoms with Crippen LogP contribution in [0.25, 0.3) is 0 Å². The molecule has 6 heteroatoms. The fourth-order valence-corrected chi connectivity index (χ4v) is 3.93. The Bertz CT molecular complexity index is 660. The van der Waals surface area contributed by atoms with Gasteiger partial charge in [-0.1, -0.05) is 18.2 Å². The quantitative estimate of drug-likeness (QED) is 0.804. The van der Waals surface area contributed by atoms with Crippen molar-refractivity contribution in [2.75, 3.05) is 26.2 Å². The molecular weight excluding hydrogens is 320 g/mol. The van der Waals surface area contributed by atoms with E-state index in [4.69, 9.17) is 4.74 Å². The summed E-state index contributed by atoms with van der Waals surface area (Å²) in [7, 11) is 0. The Morgan fingerprint density at radius 3 is 2.75 bits per heavy atom. The molecule has 1 aliphatic rings. The number of aryl methyl sites for hydroxylation is 1. The SMILES string of the molecule is CCOc1ccccc1CN1CCN(Cc2nnc(C)s2)[C@H](C)C1. The Hall–Kier alpha value is -1.50. The van der Waals surface area contributed by atoms with Gasteiger partial charge in [-0.3, -0.25) is 9.80 Å². The van der Waals surface area contributed by atoms with E-state index in [1.54, 1.807) is 11.3 Å². The lowest BCUT2D eigenvalue weighted by molar-refractivity contribution is 0.0725. The Balaban J connectivity index is 1.57. The number of rotatable bonds is 6. The molecule has 3 rings (SSSR count). The Morgan fingerprint density at radius 2 is 2.04 bits per heavy atom. The summed E-state index contributed by atoms with van der Waals surface area (Å²) >= 11 is 1.70. The first-order valence-electron chi connectivity index (χ1n) is 8.61. The molecule has 130 valence electrons. The number of nitrogens with zero attached hydrogens (tertiary/aromatic N) is 4. The first kappa shape index (κ1) is 17.3. The molecule has 1 aromatic heterocycles. The van der Waals surface area contributed by atoms with Gasteiger partial charge < -0.3 is 4.74 Å². The van der Waals surface area contributed by atoms with Gasteiger partial charge in [0.1, 0.15) is 15.8 Å². The second-order valence-corrected chi connectivity index (χ2v) is 7.58. The summed E-state index contributed by atoms with van der Waals surface area (Å²) in [5.41, 5.74) is 1.28. The third-order valence-corrected chi connectivity index (χ3v) is 5.25. The molecule has 0 bridgehead atoms. The third kappa shape index (κ3) is 4.32. The van der Waals surface area contributed by atoms with Crippen molar-refractivity contribution in [1.29, 1.82) is 0 Å². The van der Waals surface area contributed by atoms with Gasteiger partial charge in [0.25, 0.3) is 0 Å². The number of ether oxygens (including phenoxy) is 1. The van der Waals surface area contributed by atoms with Crippen LogP contribution < -0.4 is 4.74 Å². The van der Waals surface area contributed by atoms with E-state index in [1.165, 1.54) is 5.56 Å². The van der Waals surface area contributed by atoms with Gasteiger partial charge in [-0.2, -0.15) is 0 Å². The topological polar surface area (TPSA) is 41.5 Å². The van der Waals surface area contributed by atoms with E-state index in [0.29, 0.717) is 12.6 Å². The summed E-state index contributed by atoms with van der Waals surface area (Å²) in [5, 5.41) is 10.5. The van der Waals surface area contributed by atoms with Gasteiger partial charge in [0.05, 0.1) is 13.2 Å². The molecule has 0 amide bonds. The monoisotopic (exact) mass is 346 g/mol. The molecule has 1 atom stereocenters. The van der Waals surface area contributed by atoms with Gasteiger partial charge in [0.15, 0.2) is 0 Å². The van der Waals surface area contributed by atoms with Crippen LogP contribution in [0, 0.1) is 6.92 Å². The number of hydrogen-bond acceptors (Lipinski definition) is 6. The van der Waals surface area contributed by atoms with E-state index in [-0.39, 0.29) is 0 Å². The van der Waals surface area contributed by atoms with Crippen LogP contribution >= 0.6 is 11.3 Å². The fraction of sp³-hybridized carbons (Fsp3) is 0.556. The molecule has 0 unspecified atom stereocenters. The molecule has 0 spiro atoms. The van der Waals surface area contributed by atoms with E-state index in [9.17, 15) is 0 Å². The molecule has 0 saturated carbocycles. The summed E-state index contributed by atoms with van der Waals surface area (Å²) in [5.74, 6) is 1.01. The van der Waals surface area contributed by atoms with E-state index < -0.39 is 0 Å². The van der Waals surface area contributed by atoms with Crippen molar-refractivity contribution in [2.45, 2.75) is 39.9 Å². The summed E-state index contributed by atoms with van der Waals surface area (Å²) < 4.78 is 5.76. The highest BCUT2D eigenvalue weighted by Crippen LogP contribution is 2.22. The van der Waals surface area contributed by atoms with E-state index in [1.807, 2.05) is 19.9 Å². The van der Waals surface area contributed by atoms with Crippen molar-refractivity contribution in [3.05, 3.63) is 39.8 Å². The van der Waals surface area contributed by atoms with E-state index >= 15 is 0 Å². The molecule has 1 fully saturated rings. The van der Waals surface area contributed by atoms with Gasteiger partial charge in [-0.15, -0.1) is 21.5 Å². The van der Waals surface area contributed by atoms with Gasteiger partial charge in [0.2, 0.25) is 0 Å². The minimum Gasteiger partial charge on any atom is -0.494 e. The van der Waals surface area contributed by atoms with Crippen molar-refractivity contribution in [3.63, 3.8) is 0 Å². The summed E-state index contributed by atoms with van der Waals surface area (Å²) in [6.07, 6.45) is 0. The normalized spacial score (nSPS) is 19.5. The Kier molecular flexibility index (Phi) is 5.81. The van der Waals surface area contributed by atoms with Gasteiger partial charge in [0, 0.05) is 37.8 Å². The maximum Gasteiger partial charge on any atom is 0.131 e. The van der Waals surface area contributed by atoms with Crippen LogP contribution in [0.3, 0.4) is 0 Å². The standard InChI is InChI=1S/C18H26N4OS/c1-4-23-17-8-6-5-7-16(17)12-21-9-10-22(14(2)11-21)13-18-20-19-15(3)24-18/h5-8,14H,4,9-13H2,1-3H3/t14-/m1/s1. The summed E-state index contributed by atoms with van der Waals surface area (Å²) in [6, 6.07) is 8.89. The molecular formula is C18H26N4OS. The number of aromatic nitrogens is 2. The van der Waals surface area contributed by atoms with Crippen LogP contribution in [0.5, 0.6) is 5.75 Å². The van der Waals surface area contributed by atoms with Gasteiger partial charge in [-0.05, 0) is 26.8 Å². The van der Waals surface area contributed by atoms with E-state index in [2.05, 4.69) is 45.1 Å². The molecule has 2 heterocycles. The van der Waals surface area contributed by atoms with Crippen molar-refractivity contribution >= 4 is 11.3 Å². The second-order valence-electron chi connectivity index (χ2n) is 6.31. The molecule has 1 aromatic carbocycles. The van der Waals surface area contributed by atoms with Crippen molar-refractivity contribution in [2.24, 2.45) is 0 Å². The first-order chi connectivity index (χ1) is 11.7. The molecule has 5 nitrogen and oxygen atoms in total. The van der Waals surface area contributed by atoms with Crippen molar-refractivity contribution in [1.82, 2.24) is 20.0 Å². The molecule has 1 saturated heterocycles. The maximum atomic E-state index is 5.76. The van der Waals surface area contributed by atoms with Crippen molar-refractivity contribution in [3.8, 4) is 5.75 Å². The molecule has 0 aliphatic carbocycles. The lowest BCUT2D eigenvalue weighted by Crippen LogP contribution is -2.50. The lowest BCUT2D eigenvalue weighted by Gasteiger charge is -2.39. The molecule has 24 heavy (non-hydrogen) atoms. The highest BCUT2D eigenvalue weighted by molar-refractivity contribution is 7.11. The lowest BCUT2D eigenvalue weighted by atomic mass is 10.1. The first-order valence-corrected chi connectivity index (χ1v) is 9.43. The number of hydrogen-bond donors (Lipinski definition) is 0.